The number of ether oxygens (including phenoxy) is 1. The van der Waals surface area contributed by atoms with E-state index in [2.05, 4.69) is 29.6 Å². The van der Waals surface area contributed by atoms with E-state index in [9.17, 15) is 19.5 Å². The molecule has 0 bridgehead atoms. The van der Waals surface area contributed by atoms with Gasteiger partial charge in [0.2, 0.25) is 5.91 Å². The maximum absolute atomic E-state index is 12.7. The molecule has 0 aromatic heterocycles. The van der Waals surface area contributed by atoms with Crippen molar-refractivity contribution in [2.24, 2.45) is 0 Å². The van der Waals surface area contributed by atoms with Gasteiger partial charge in [-0.2, -0.15) is 0 Å². The normalized spacial score (nSPS) is 17.8. The smallest absolute Gasteiger partial charge is 0.407 e. The van der Waals surface area contributed by atoms with Crippen LogP contribution in [0.1, 0.15) is 56.1 Å². The molecule has 2 aromatic rings. The number of alkyl carbamates (subject to hydrolysis) is 1. The minimum absolute atomic E-state index is 0.0321. The molecule has 1 saturated heterocycles. The van der Waals surface area contributed by atoms with E-state index in [0.29, 0.717) is 25.8 Å². The minimum Gasteiger partial charge on any atom is -0.480 e. The number of carboxylic acids is 1. The Morgan fingerprint density at radius 3 is 2.33 bits per heavy atom. The fraction of sp³-hybridized carbons (Fsp3) is 0.423. The average Bonchev–Trinajstić information content (AvgIpc) is 3.42. The summed E-state index contributed by atoms with van der Waals surface area (Å²) >= 11 is 0. The highest BCUT2D eigenvalue weighted by molar-refractivity contribution is 5.85. The Morgan fingerprint density at radius 1 is 1.09 bits per heavy atom. The third-order valence-corrected chi connectivity index (χ3v) is 6.58. The summed E-state index contributed by atoms with van der Waals surface area (Å²) in [5, 5.41) is 12.2. The van der Waals surface area contributed by atoms with E-state index in [1.165, 1.54) is 4.90 Å². The maximum Gasteiger partial charge on any atom is 0.407 e. The average molecular weight is 451 g/mol. The van der Waals surface area contributed by atoms with Crippen LogP contribution in [0.2, 0.25) is 0 Å². The molecule has 4 rings (SSSR count). The van der Waals surface area contributed by atoms with E-state index in [4.69, 9.17) is 4.74 Å². The SMILES string of the molecule is CCC[C@@H](CC(=O)N1CCC[C@H]1C(=O)O)NC(=O)OCC1c2ccccc2-c2ccccc21. The topological polar surface area (TPSA) is 95.9 Å². The minimum atomic E-state index is -0.975. The summed E-state index contributed by atoms with van der Waals surface area (Å²) in [6, 6.07) is 15.1. The van der Waals surface area contributed by atoms with Crippen LogP contribution >= 0.6 is 0 Å². The Bertz CT molecular complexity index is 991. The Labute approximate surface area is 193 Å². The van der Waals surface area contributed by atoms with Gasteiger partial charge in [-0.3, -0.25) is 4.79 Å². The number of amides is 2. The molecule has 174 valence electrons. The van der Waals surface area contributed by atoms with E-state index in [1.54, 1.807) is 0 Å². The van der Waals surface area contributed by atoms with Gasteiger partial charge in [0, 0.05) is 24.9 Å². The summed E-state index contributed by atoms with van der Waals surface area (Å²) in [5.41, 5.74) is 4.60. The number of carbonyl (C=O) groups is 3. The number of carbonyl (C=O) groups excluding carboxylic acids is 2. The van der Waals surface area contributed by atoms with Crippen molar-refractivity contribution >= 4 is 18.0 Å². The number of rotatable bonds is 8. The van der Waals surface area contributed by atoms with Gasteiger partial charge in [-0.1, -0.05) is 61.9 Å². The van der Waals surface area contributed by atoms with Crippen molar-refractivity contribution in [3.63, 3.8) is 0 Å². The number of nitrogens with one attached hydrogen (secondary N) is 1. The van der Waals surface area contributed by atoms with Gasteiger partial charge in [0.25, 0.3) is 0 Å². The molecule has 2 aliphatic rings. The van der Waals surface area contributed by atoms with Crippen LogP contribution in [0, 0.1) is 0 Å². The van der Waals surface area contributed by atoms with E-state index in [0.717, 1.165) is 28.7 Å². The number of benzene rings is 2. The number of carboxylic acid groups (broad SMARTS) is 1. The van der Waals surface area contributed by atoms with Gasteiger partial charge in [-0.05, 0) is 41.5 Å². The summed E-state index contributed by atoms with van der Waals surface area (Å²) < 4.78 is 5.61. The Balaban J connectivity index is 1.37. The molecule has 2 atom stereocenters. The number of aliphatic carboxylic acids is 1. The lowest BCUT2D eigenvalue weighted by atomic mass is 9.98. The van der Waals surface area contributed by atoms with Crippen molar-refractivity contribution in [2.75, 3.05) is 13.2 Å². The fourth-order valence-corrected chi connectivity index (χ4v) is 5.03. The van der Waals surface area contributed by atoms with Gasteiger partial charge in [0.05, 0.1) is 0 Å². The zero-order valence-electron chi connectivity index (χ0n) is 18.8. The van der Waals surface area contributed by atoms with E-state index >= 15 is 0 Å². The van der Waals surface area contributed by atoms with Crippen LogP contribution in [0.4, 0.5) is 4.79 Å². The number of hydrogen-bond donors (Lipinski definition) is 2. The summed E-state index contributed by atoms with van der Waals surface area (Å²) in [5.74, 6) is -1.25. The Morgan fingerprint density at radius 2 is 1.73 bits per heavy atom. The Kier molecular flexibility index (Phi) is 6.96. The highest BCUT2D eigenvalue weighted by atomic mass is 16.5. The summed E-state index contributed by atoms with van der Waals surface area (Å²) in [6.07, 6.45) is 2.06. The zero-order chi connectivity index (χ0) is 23.4. The van der Waals surface area contributed by atoms with Crippen LogP contribution in [0.15, 0.2) is 48.5 Å². The number of nitrogens with zero attached hydrogens (tertiary/aromatic N) is 1. The van der Waals surface area contributed by atoms with Crippen LogP contribution in [0.25, 0.3) is 11.1 Å². The van der Waals surface area contributed by atoms with E-state index < -0.39 is 24.1 Å². The highest BCUT2D eigenvalue weighted by Gasteiger charge is 2.35. The second-order valence-electron chi connectivity index (χ2n) is 8.74. The van der Waals surface area contributed by atoms with Crippen molar-refractivity contribution in [2.45, 2.75) is 57.0 Å². The molecule has 1 aliphatic heterocycles. The monoisotopic (exact) mass is 450 g/mol. The van der Waals surface area contributed by atoms with Gasteiger partial charge in [-0.15, -0.1) is 0 Å². The predicted molar refractivity (Wildman–Crippen MR) is 124 cm³/mol. The van der Waals surface area contributed by atoms with Crippen LogP contribution < -0.4 is 5.32 Å². The molecule has 1 fully saturated rings. The molecular weight excluding hydrogens is 420 g/mol. The van der Waals surface area contributed by atoms with Crippen LogP contribution in [0.3, 0.4) is 0 Å². The highest BCUT2D eigenvalue weighted by Crippen LogP contribution is 2.44. The summed E-state index contributed by atoms with van der Waals surface area (Å²) in [6.45, 7) is 2.63. The fourth-order valence-electron chi connectivity index (χ4n) is 5.03. The second-order valence-corrected chi connectivity index (χ2v) is 8.74. The molecule has 0 spiro atoms. The molecule has 7 nitrogen and oxygen atoms in total. The van der Waals surface area contributed by atoms with Crippen molar-refractivity contribution in [1.29, 1.82) is 0 Å². The summed E-state index contributed by atoms with van der Waals surface area (Å²) in [4.78, 5) is 38.2. The van der Waals surface area contributed by atoms with Crippen molar-refractivity contribution in [3.05, 3.63) is 59.7 Å². The second kappa shape index (κ2) is 10.1. The van der Waals surface area contributed by atoms with Gasteiger partial charge in [0.1, 0.15) is 12.6 Å². The van der Waals surface area contributed by atoms with Gasteiger partial charge in [-0.25, -0.2) is 9.59 Å². The first-order chi connectivity index (χ1) is 16.0. The number of hydrogen-bond acceptors (Lipinski definition) is 4. The molecule has 33 heavy (non-hydrogen) atoms. The first-order valence-corrected chi connectivity index (χ1v) is 11.6. The quantitative estimate of drug-likeness (QED) is 0.630. The number of fused-ring (bicyclic) bond motifs is 3. The van der Waals surface area contributed by atoms with E-state index in [1.807, 2.05) is 31.2 Å². The van der Waals surface area contributed by atoms with Crippen molar-refractivity contribution in [3.8, 4) is 11.1 Å². The lowest BCUT2D eigenvalue weighted by molar-refractivity contribution is -0.148. The molecule has 0 radical (unpaired) electrons. The van der Waals surface area contributed by atoms with E-state index in [-0.39, 0.29) is 24.9 Å². The van der Waals surface area contributed by atoms with Crippen LogP contribution in [-0.2, 0) is 14.3 Å². The third-order valence-electron chi connectivity index (χ3n) is 6.58. The lowest BCUT2D eigenvalue weighted by Crippen LogP contribution is -2.44. The molecule has 0 saturated carbocycles. The molecule has 0 unspecified atom stereocenters. The Hall–Kier alpha value is -3.35. The molecule has 2 amide bonds. The molecular formula is C26H30N2O5. The molecule has 1 aliphatic carbocycles. The number of likely N-dealkylation sites (tertiary alicyclic amines) is 1. The van der Waals surface area contributed by atoms with Gasteiger partial charge >= 0.3 is 12.1 Å². The van der Waals surface area contributed by atoms with Crippen LogP contribution in [-0.4, -0.2) is 53.2 Å². The third kappa shape index (κ3) is 4.87. The van der Waals surface area contributed by atoms with Gasteiger partial charge < -0.3 is 20.1 Å². The van der Waals surface area contributed by atoms with Crippen molar-refractivity contribution in [1.82, 2.24) is 10.2 Å². The standard InChI is InChI=1S/C26H30N2O5/c1-2-8-17(15-24(29)28-14-7-13-23(28)25(30)31)27-26(32)33-16-22-20-11-5-3-9-18(20)19-10-4-6-12-21(19)22/h3-6,9-12,17,22-23H,2,7-8,13-16H2,1H3,(H,27,32)(H,30,31)/t17-,23-/m0/s1. The first-order valence-electron chi connectivity index (χ1n) is 11.6. The largest absolute Gasteiger partial charge is 0.480 e. The molecule has 7 heteroatoms. The summed E-state index contributed by atoms with van der Waals surface area (Å²) in [7, 11) is 0. The first kappa shape index (κ1) is 22.8. The predicted octanol–water partition coefficient (Wildman–Crippen LogP) is 4.16. The molecule has 1 heterocycles. The zero-order valence-corrected chi connectivity index (χ0v) is 18.8. The molecule has 2 N–H and O–H groups in total. The van der Waals surface area contributed by atoms with Crippen LogP contribution in [0.5, 0.6) is 0 Å². The van der Waals surface area contributed by atoms with Gasteiger partial charge in [0.15, 0.2) is 0 Å². The maximum atomic E-state index is 12.7. The molecule has 2 aromatic carbocycles. The lowest BCUT2D eigenvalue weighted by Gasteiger charge is -2.25. The van der Waals surface area contributed by atoms with Crippen molar-refractivity contribution < 1.29 is 24.2 Å².